The van der Waals surface area contributed by atoms with E-state index in [0.29, 0.717) is 25.2 Å². The first kappa shape index (κ1) is 26.4. The molecule has 6 rings (SSSR count). The second-order valence-electron chi connectivity index (χ2n) is 12.4. The molecule has 0 unspecified atom stereocenters. The van der Waals surface area contributed by atoms with Crippen molar-refractivity contribution in [3.8, 4) is 12.3 Å². The Morgan fingerprint density at radius 2 is 1.87 bits per heavy atom. The topological polar surface area (TPSA) is 81.9 Å². The first-order chi connectivity index (χ1) is 18.6. The molecule has 0 spiro atoms. The summed E-state index contributed by atoms with van der Waals surface area (Å²) < 4.78 is 30.5. The number of hydrogen-bond donors (Lipinski definition) is 3. The summed E-state index contributed by atoms with van der Waals surface area (Å²) in [6.07, 6.45) is 13.7. The Morgan fingerprint density at radius 3 is 2.54 bits per heavy atom. The summed E-state index contributed by atoms with van der Waals surface area (Å²) in [5.74, 6) is -1.94. The van der Waals surface area contributed by atoms with E-state index in [-0.39, 0.29) is 24.2 Å². The lowest BCUT2D eigenvalue weighted by atomic mass is 9.50. The molecule has 1 aromatic rings. The number of aliphatic hydroxyl groups excluding tert-OH is 1. The largest absolute Gasteiger partial charge is 0.386 e. The molecule has 5 nitrogen and oxygen atoms in total. The lowest BCUT2D eigenvalue weighted by molar-refractivity contribution is -0.209. The second-order valence-corrected chi connectivity index (χ2v) is 12.4. The van der Waals surface area contributed by atoms with Gasteiger partial charge in [-0.25, -0.2) is 5.43 Å². The minimum atomic E-state index is -3.60. The van der Waals surface area contributed by atoms with Gasteiger partial charge in [0.1, 0.15) is 12.2 Å². The number of carbonyl (C=O) groups is 1. The zero-order chi connectivity index (χ0) is 27.6. The molecular weight excluding hydrogens is 498 g/mol. The molecular formula is C32H36F2N2O3. The molecule has 0 saturated heterocycles. The van der Waals surface area contributed by atoms with Gasteiger partial charge in [-0.1, -0.05) is 36.8 Å². The molecule has 5 aliphatic rings. The van der Waals surface area contributed by atoms with Crippen molar-refractivity contribution in [3.05, 3.63) is 58.2 Å². The quantitative estimate of drug-likeness (QED) is 0.352. The molecule has 206 valence electrons. The number of carbonyl (C=O) groups excluding carboxylic acids is 1. The number of allylic oxidation sites excluding steroid dienone is 4. The van der Waals surface area contributed by atoms with Gasteiger partial charge < -0.3 is 10.2 Å². The number of nitrogens with zero attached hydrogens (tertiary/aromatic N) is 1. The zero-order valence-electron chi connectivity index (χ0n) is 22.4. The van der Waals surface area contributed by atoms with Crippen LogP contribution in [0.5, 0.6) is 0 Å². The van der Waals surface area contributed by atoms with E-state index < -0.39 is 29.5 Å². The third-order valence-corrected chi connectivity index (χ3v) is 10.5. The van der Waals surface area contributed by atoms with Crippen LogP contribution in [0, 0.1) is 29.6 Å². The van der Waals surface area contributed by atoms with E-state index in [1.54, 1.807) is 5.92 Å². The summed E-state index contributed by atoms with van der Waals surface area (Å²) in [6.45, 7) is 1.24. The highest BCUT2D eigenvalue weighted by Gasteiger charge is 2.71. The van der Waals surface area contributed by atoms with Gasteiger partial charge in [-0.2, -0.15) is 13.9 Å². The van der Waals surface area contributed by atoms with Gasteiger partial charge in [0.05, 0.1) is 5.71 Å². The molecule has 3 fully saturated rings. The van der Waals surface area contributed by atoms with E-state index in [0.717, 1.165) is 30.5 Å². The smallest absolute Gasteiger partial charge is 0.336 e. The number of terminal acetylenes is 1. The van der Waals surface area contributed by atoms with Gasteiger partial charge in [0.15, 0.2) is 0 Å². The summed E-state index contributed by atoms with van der Waals surface area (Å²) in [5, 5.41) is 24.8. The Morgan fingerprint density at radius 1 is 1.15 bits per heavy atom. The number of aliphatic hydroxyl groups is 2. The van der Waals surface area contributed by atoms with Crippen molar-refractivity contribution < 1.29 is 23.8 Å². The van der Waals surface area contributed by atoms with Crippen molar-refractivity contribution in [1.29, 1.82) is 0 Å². The Labute approximate surface area is 228 Å². The lowest BCUT2D eigenvalue weighted by Gasteiger charge is -2.55. The Kier molecular flexibility index (Phi) is 6.35. The maximum absolute atomic E-state index is 15.3. The number of hydrazone groups is 1. The number of benzene rings is 1. The summed E-state index contributed by atoms with van der Waals surface area (Å²) in [6, 6.07) is 8.71. The number of alkyl halides is 2. The molecule has 3 N–H and O–H groups in total. The van der Waals surface area contributed by atoms with Crippen LogP contribution in [0.4, 0.5) is 8.78 Å². The number of rotatable bonds is 5. The average molecular weight is 535 g/mol. The number of fused-ring (bicyclic) bond motifs is 4. The third kappa shape index (κ3) is 4.10. The Balaban J connectivity index is 1.44. The van der Waals surface area contributed by atoms with Gasteiger partial charge in [0.2, 0.25) is 0 Å². The molecule has 39 heavy (non-hydrogen) atoms. The number of nitrogens with one attached hydrogen (secondary N) is 1. The van der Waals surface area contributed by atoms with Crippen molar-refractivity contribution >= 4 is 11.6 Å². The fourth-order valence-corrected chi connectivity index (χ4v) is 8.29. The van der Waals surface area contributed by atoms with Gasteiger partial charge in [-0.15, -0.1) is 6.42 Å². The van der Waals surface area contributed by atoms with Gasteiger partial charge in [0.25, 0.3) is 5.91 Å². The maximum atomic E-state index is 15.3. The molecule has 1 aromatic carbocycles. The molecule has 5 aliphatic carbocycles. The number of halogens is 2. The zero-order valence-corrected chi connectivity index (χ0v) is 22.4. The van der Waals surface area contributed by atoms with E-state index in [2.05, 4.69) is 34.8 Å². The second kappa shape index (κ2) is 9.38. The molecule has 0 aliphatic heterocycles. The van der Waals surface area contributed by atoms with E-state index in [1.807, 2.05) is 13.0 Å². The van der Waals surface area contributed by atoms with Crippen molar-refractivity contribution in [1.82, 2.24) is 5.43 Å². The van der Waals surface area contributed by atoms with E-state index >= 15 is 8.78 Å². The first-order valence-corrected chi connectivity index (χ1v) is 14.2. The monoisotopic (exact) mass is 534 g/mol. The van der Waals surface area contributed by atoms with Crippen LogP contribution in [0.2, 0.25) is 0 Å². The highest BCUT2D eigenvalue weighted by atomic mass is 19.3. The molecule has 0 aromatic heterocycles. The minimum absolute atomic E-state index is 0.00186. The fraction of sp³-hybridized carbons (Fsp3) is 0.562. The SMILES string of the molecule is C#CC(F)(F)[C@]1(O)CC[C@H]2[C@@H]3CCC4=C/C(=N/NC(=O)CO)CCC4=C3[C@H](c3ccc(C4CC4)cc3)C[C@@]21C. The van der Waals surface area contributed by atoms with Gasteiger partial charge >= 0.3 is 5.92 Å². The highest BCUT2D eigenvalue weighted by Crippen LogP contribution is 2.69. The van der Waals surface area contributed by atoms with E-state index in [4.69, 9.17) is 11.5 Å². The number of hydrogen-bond acceptors (Lipinski definition) is 4. The van der Waals surface area contributed by atoms with Crippen molar-refractivity contribution in [2.75, 3.05) is 6.61 Å². The van der Waals surface area contributed by atoms with Crippen molar-refractivity contribution in [2.45, 2.75) is 88.1 Å². The summed E-state index contributed by atoms with van der Waals surface area (Å²) in [7, 11) is 0. The number of amides is 1. The van der Waals surface area contributed by atoms with Crippen LogP contribution < -0.4 is 5.43 Å². The predicted octanol–water partition coefficient (Wildman–Crippen LogP) is 5.36. The van der Waals surface area contributed by atoms with Crippen LogP contribution in [0.25, 0.3) is 0 Å². The highest BCUT2D eigenvalue weighted by molar-refractivity contribution is 5.98. The van der Waals surface area contributed by atoms with Crippen LogP contribution in [-0.4, -0.2) is 40.0 Å². The van der Waals surface area contributed by atoms with Gasteiger partial charge in [-0.05, 0) is 110 Å². The lowest BCUT2D eigenvalue weighted by Crippen LogP contribution is -2.60. The van der Waals surface area contributed by atoms with Gasteiger partial charge in [0, 0.05) is 11.3 Å². The third-order valence-electron chi connectivity index (χ3n) is 10.5. The summed E-state index contributed by atoms with van der Waals surface area (Å²) in [4.78, 5) is 11.5. The van der Waals surface area contributed by atoms with Crippen LogP contribution in [0.1, 0.15) is 87.7 Å². The van der Waals surface area contributed by atoms with Crippen molar-refractivity contribution in [3.63, 3.8) is 0 Å². The first-order valence-electron chi connectivity index (χ1n) is 14.2. The predicted molar refractivity (Wildman–Crippen MR) is 145 cm³/mol. The summed E-state index contributed by atoms with van der Waals surface area (Å²) in [5.41, 5.74) is 6.16. The van der Waals surface area contributed by atoms with Crippen LogP contribution in [0.15, 0.2) is 52.2 Å². The molecule has 0 radical (unpaired) electrons. The average Bonchev–Trinajstić information content (AvgIpc) is 3.76. The molecule has 1 amide bonds. The van der Waals surface area contributed by atoms with Gasteiger partial charge in [-0.3, -0.25) is 4.79 Å². The maximum Gasteiger partial charge on any atom is 0.336 e. The molecule has 0 bridgehead atoms. The molecule has 7 heteroatoms. The molecule has 0 heterocycles. The Bertz CT molecular complexity index is 1320. The minimum Gasteiger partial charge on any atom is -0.386 e. The Hall–Kier alpha value is -2.82. The molecule has 3 saturated carbocycles. The molecule has 5 atom stereocenters. The standard InChI is InChI=1S/C32H36F2N2O3/c1-3-32(33,34)31(39)15-14-27-25-12-10-22-16-23(35-36-28(38)18-37)11-13-24(22)29(25)26(17-30(27,31)2)21-8-6-20(7-9-21)19-4-5-19/h1,6-9,16,19,25-27,37,39H,4-5,10-15,17-18H2,2H3,(H,36,38)/b35-23+/t25-,26-,27-,30-,31-/m0/s1. The van der Waals surface area contributed by atoms with E-state index in [1.165, 1.54) is 35.1 Å². The van der Waals surface area contributed by atoms with Crippen molar-refractivity contribution in [2.24, 2.45) is 22.4 Å². The van der Waals surface area contributed by atoms with Crippen LogP contribution >= 0.6 is 0 Å². The summed E-state index contributed by atoms with van der Waals surface area (Å²) >= 11 is 0. The van der Waals surface area contributed by atoms with Crippen LogP contribution in [-0.2, 0) is 4.79 Å². The van der Waals surface area contributed by atoms with Crippen LogP contribution in [0.3, 0.4) is 0 Å². The van der Waals surface area contributed by atoms with E-state index in [9.17, 15) is 9.90 Å². The normalized spacial score (nSPS) is 35.0. The fourth-order valence-electron chi connectivity index (χ4n) is 8.29.